The summed E-state index contributed by atoms with van der Waals surface area (Å²) in [6.07, 6.45) is 3.51. The second-order valence-corrected chi connectivity index (χ2v) is 5.43. The molecule has 1 unspecified atom stereocenters. The molecule has 1 saturated heterocycles. The van der Waals surface area contributed by atoms with Crippen LogP contribution >= 0.6 is 0 Å². The summed E-state index contributed by atoms with van der Waals surface area (Å²) in [5.41, 5.74) is 5.45. The maximum atomic E-state index is 11.8. The molecule has 1 atom stereocenters. The molecule has 1 rings (SSSR count). The van der Waals surface area contributed by atoms with E-state index in [2.05, 4.69) is 11.8 Å². The predicted octanol–water partition coefficient (Wildman–Crippen LogP) is 0.601. The predicted molar refractivity (Wildman–Crippen MR) is 81.8 cm³/mol. The normalized spacial score (nSPS) is 18.9. The third-order valence-corrected chi connectivity index (χ3v) is 3.86. The van der Waals surface area contributed by atoms with Crippen molar-refractivity contribution in [3.8, 4) is 0 Å². The Kier molecular flexibility index (Phi) is 8.30. The van der Waals surface area contributed by atoms with Crippen molar-refractivity contribution >= 4 is 11.9 Å². The summed E-state index contributed by atoms with van der Waals surface area (Å²) < 4.78 is 4.99. The van der Waals surface area contributed by atoms with Crippen LogP contribution in [0.2, 0.25) is 0 Å². The molecule has 0 aliphatic carbocycles. The third-order valence-electron chi connectivity index (χ3n) is 3.86. The van der Waals surface area contributed by atoms with E-state index in [0.717, 1.165) is 38.9 Å². The molecule has 0 spiro atoms. The lowest BCUT2D eigenvalue weighted by molar-refractivity contribution is -0.144. The smallest absolute Gasteiger partial charge is 0.307 e. The second kappa shape index (κ2) is 9.73. The van der Waals surface area contributed by atoms with E-state index in [0.29, 0.717) is 25.6 Å². The number of rotatable bonds is 8. The minimum Gasteiger partial charge on any atom is -0.466 e. The fraction of sp³-hybridized carbons (Fsp3) is 0.867. The zero-order chi connectivity index (χ0) is 15.7. The molecular weight excluding hydrogens is 270 g/mol. The van der Waals surface area contributed by atoms with Gasteiger partial charge in [-0.3, -0.25) is 14.5 Å². The van der Waals surface area contributed by atoms with Crippen LogP contribution in [0.3, 0.4) is 0 Å². The Balaban J connectivity index is 2.53. The summed E-state index contributed by atoms with van der Waals surface area (Å²) in [4.78, 5) is 27.4. The third kappa shape index (κ3) is 6.01. The van der Waals surface area contributed by atoms with Gasteiger partial charge >= 0.3 is 5.97 Å². The van der Waals surface area contributed by atoms with Crippen molar-refractivity contribution in [3.63, 3.8) is 0 Å². The van der Waals surface area contributed by atoms with Crippen LogP contribution in [0, 0.1) is 0 Å². The fourth-order valence-electron chi connectivity index (χ4n) is 2.84. The van der Waals surface area contributed by atoms with E-state index in [9.17, 15) is 9.59 Å². The van der Waals surface area contributed by atoms with Crippen molar-refractivity contribution in [1.29, 1.82) is 0 Å². The number of carbonyl (C=O) groups excluding carboxylic acids is 2. The number of carbonyl (C=O) groups is 2. The number of amides is 1. The second-order valence-electron chi connectivity index (χ2n) is 5.43. The first-order valence-electron chi connectivity index (χ1n) is 7.99. The molecule has 1 aliphatic heterocycles. The molecule has 1 aliphatic rings. The summed E-state index contributed by atoms with van der Waals surface area (Å²) in [6.45, 7) is 7.60. The SMILES string of the molecule is CCCN(CCC(=O)OCC)C1CCCN(C(=O)CN)C1. The van der Waals surface area contributed by atoms with Crippen LogP contribution in [0.25, 0.3) is 0 Å². The van der Waals surface area contributed by atoms with Gasteiger partial charge in [0.05, 0.1) is 19.6 Å². The van der Waals surface area contributed by atoms with Gasteiger partial charge in [0.25, 0.3) is 0 Å². The molecule has 6 nitrogen and oxygen atoms in total. The zero-order valence-corrected chi connectivity index (χ0v) is 13.3. The van der Waals surface area contributed by atoms with Gasteiger partial charge in [-0.15, -0.1) is 0 Å². The Morgan fingerprint density at radius 1 is 1.33 bits per heavy atom. The van der Waals surface area contributed by atoms with E-state index in [-0.39, 0.29) is 18.4 Å². The molecule has 122 valence electrons. The van der Waals surface area contributed by atoms with Gasteiger partial charge in [0.15, 0.2) is 0 Å². The van der Waals surface area contributed by atoms with Crippen molar-refractivity contribution in [1.82, 2.24) is 9.80 Å². The number of hydrogen-bond acceptors (Lipinski definition) is 5. The summed E-state index contributed by atoms with van der Waals surface area (Å²) in [7, 11) is 0. The molecule has 0 bridgehead atoms. The number of likely N-dealkylation sites (tertiary alicyclic amines) is 1. The van der Waals surface area contributed by atoms with Gasteiger partial charge in [0.2, 0.25) is 5.91 Å². The molecule has 1 heterocycles. The highest BCUT2D eigenvalue weighted by Gasteiger charge is 2.27. The van der Waals surface area contributed by atoms with E-state index in [4.69, 9.17) is 10.5 Å². The average Bonchev–Trinajstić information content (AvgIpc) is 2.51. The van der Waals surface area contributed by atoms with Crippen LogP contribution in [0.1, 0.15) is 39.5 Å². The number of esters is 1. The van der Waals surface area contributed by atoms with E-state index in [1.807, 2.05) is 11.8 Å². The molecular formula is C15H29N3O3. The average molecular weight is 299 g/mol. The number of nitrogens with zero attached hydrogens (tertiary/aromatic N) is 2. The quantitative estimate of drug-likeness (QED) is 0.664. The van der Waals surface area contributed by atoms with Crippen molar-refractivity contribution in [2.75, 3.05) is 39.3 Å². The first-order valence-corrected chi connectivity index (χ1v) is 7.99. The summed E-state index contributed by atoms with van der Waals surface area (Å²) in [5.74, 6) is -0.133. The van der Waals surface area contributed by atoms with Gasteiger partial charge < -0.3 is 15.4 Å². The van der Waals surface area contributed by atoms with Gasteiger partial charge in [-0.25, -0.2) is 0 Å². The molecule has 6 heteroatoms. The van der Waals surface area contributed by atoms with Crippen LogP contribution < -0.4 is 5.73 Å². The Morgan fingerprint density at radius 2 is 2.10 bits per heavy atom. The van der Waals surface area contributed by atoms with Gasteiger partial charge in [0, 0.05) is 25.7 Å². The molecule has 0 saturated carbocycles. The van der Waals surface area contributed by atoms with Crippen LogP contribution in [-0.4, -0.2) is 67.0 Å². The largest absolute Gasteiger partial charge is 0.466 e. The Morgan fingerprint density at radius 3 is 2.71 bits per heavy atom. The number of nitrogens with two attached hydrogens (primary N) is 1. The molecule has 0 aromatic heterocycles. The van der Waals surface area contributed by atoms with Crippen LogP contribution in [0.15, 0.2) is 0 Å². The van der Waals surface area contributed by atoms with Gasteiger partial charge in [0.1, 0.15) is 0 Å². The van der Waals surface area contributed by atoms with Crippen molar-refractivity contribution in [2.24, 2.45) is 5.73 Å². The van der Waals surface area contributed by atoms with Crippen LogP contribution in [0.4, 0.5) is 0 Å². The van der Waals surface area contributed by atoms with E-state index in [1.165, 1.54) is 0 Å². The molecule has 2 N–H and O–H groups in total. The summed E-state index contributed by atoms with van der Waals surface area (Å²) >= 11 is 0. The maximum absolute atomic E-state index is 11.8. The van der Waals surface area contributed by atoms with Crippen LogP contribution in [0.5, 0.6) is 0 Å². The highest BCUT2D eigenvalue weighted by molar-refractivity contribution is 5.78. The van der Waals surface area contributed by atoms with Crippen molar-refractivity contribution in [2.45, 2.75) is 45.6 Å². The van der Waals surface area contributed by atoms with E-state index < -0.39 is 0 Å². The topological polar surface area (TPSA) is 75.9 Å². The molecule has 0 aromatic carbocycles. The minimum absolute atomic E-state index is 0.0153. The number of hydrogen-bond donors (Lipinski definition) is 1. The summed E-state index contributed by atoms with van der Waals surface area (Å²) in [5, 5.41) is 0. The lowest BCUT2D eigenvalue weighted by atomic mass is 10.0. The first kappa shape index (κ1) is 17.9. The maximum Gasteiger partial charge on any atom is 0.307 e. The first-order chi connectivity index (χ1) is 10.1. The molecule has 1 amide bonds. The van der Waals surface area contributed by atoms with Crippen molar-refractivity contribution in [3.05, 3.63) is 0 Å². The molecule has 0 aromatic rings. The molecule has 0 radical (unpaired) electrons. The van der Waals surface area contributed by atoms with E-state index >= 15 is 0 Å². The lowest BCUT2D eigenvalue weighted by Crippen LogP contribution is -2.51. The summed E-state index contributed by atoms with van der Waals surface area (Å²) in [6, 6.07) is 0.323. The van der Waals surface area contributed by atoms with Gasteiger partial charge in [-0.05, 0) is 32.7 Å². The van der Waals surface area contributed by atoms with Gasteiger partial charge in [-0.2, -0.15) is 0 Å². The molecule has 21 heavy (non-hydrogen) atoms. The fourth-order valence-corrected chi connectivity index (χ4v) is 2.84. The van der Waals surface area contributed by atoms with Crippen molar-refractivity contribution < 1.29 is 14.3 Å². The highest BCUT2D eigenvalue weighted by Crippen LogP contribution is 2.17. The zero-order valence-electron chi connectivity index (χ0n) is 13.3. The van der Waals surface area contributed by atoms with E-state index in [1.54, 1.807) is 0 Å². The molecule has 1 fully saturated rings. The number of ether oxygens (including phenoxy) is 1. The van der Waals surface area contributed by atoms with Gasteiger partial charge in [-0.1, -0.05) is 6.92 Å². The minimum atomic E-state index is -0.149. The standard InChI is InChI=1S/C15H29N3O3/c1-3-8-17(10-7-15(20)21-4-2)13-6-5-9-18(12-13)14(19)11-16/h13H,3-12,16H2,1-2H3. The Labute approximate surface area is 127 Å². The Bertz CT molecular complexity index is 336. The van der Waals surface area contributed by atoms with Crippen LogP contribution in [-0.2, 0) is 14.3 Å². The number of piperidine rings is 1. The Hall–Kier alpha value is -1.14. The highest BCUT2D eigenvalue weighted by atomic mass is 16.5. The lowest BCUT2D eigenvalue weighted by Gasteiger charge is -2.39. The monoisotopic (exact) mass is 299 g/mol.